The quantitative estimate of drug-likeness (QED) is 0.779. The number of aryl methyl sites for hydroxylation is 1. The Hall–Kier alpha value is -1.82. The first kappa shape index (κ1) is 12.6. The van der Waals surface area contributed by atoms with E-state index in [1.54, 1.807) is 12.4 Å². The van der Waals surface area contributed by atoms with Gasteiger partial charge >= 0.3 is 0 Å². The van der Waals surface area contributed by atoms with Crippen LogP contribution in [0.1, 0.15) is 26.2 Å². The summed E-state index contributed by atoms with van der Waals surface area (Å²) in [6, 6.07) is 0.504. The zero-order valence-corrected chi connectivity index (χ0v) is 10.6. The molecule has 1 N–H and O–H groups in total. The minimum atomic E-state index is 0.474. The zero-order valence-electron chi connectivity index (χ0n) is 10.6. The average molecular weight is 247 g/mol. The fourth-order valence-electron chi connectivity index (χ4n) is 1.51. The van der Waals surface area contributed by atoms with Crippen molar-refractivity contribution in [3.8, 4) is 11.5 Å². The second-order valence-electron chi connectivity index (χ2n) is 4.34. The van der Waals surface area contributed by atoms with Gasteiger partial charge in [-0.1, -0.05) is 13.8 Å². The van der Waals surface area contributed by atoms with E-state index >= 15 is 0 Å². The topological polar surface area (TPSA) is 76.7 Å². The molecule has 0 radical (unpaired) electrons. The van der Waals surface area contributed by atoms with Crippen LogP contribution in [0.5, 0.6) is 0 Å². The fourth-order valence-corrected chi connectivity index (χ4v) is 1.51. The molecule has 0 aliphatic heterocycles. The number of hydrogen-bond acceptors (Lipinski definition) is 6. The molecule has 2 aromatic heterocycles. The molecule has 6 heteroatoms. The van der Waals surface area contributed by atoms with Crippen molar-refractivity contribution in [3.63, 3.8) is 0 Å². The maximum absolute atomic E-state index is 5.55. The minimum absolute atomic E-state index is 0.474. The summed E-state index contributed by atoms with van der Waals surface area (Å²) in [5.41, 5.74) is 0.747. The van der Waals surface area contributed by atoms with Crippen LogP contribution in [0.25, 0.3) is 11.5 Å². The van der Waals surface area contributed by atoms with E-state index in [-0.39, 0.29) is 0 Å². The summed E-state index contributed by atoms with van der Waals surface area (Å²) < 4.78 is 5.55. The molecular formula is C12H17N5O. The van der Waals surface area contributed by atoms with Crippen LogP contribution in [0.15, 0.2) is 23.1 Å². The number of aromatic nitrogens is 4. The molecule has 6 nitrogen and oxygen atoms in total. The van der Waals surface area contributed by atoms with Gasteiger partial charge in [0.05, 0.1) is 5.56 Å². The van der Waals surface area contributed by atoms with Gasteiger partial charge in [0, 0.05) is 24.9 Å². The Balaban J connectivity index is 1.87. The van der Waals surface area contributed by atoms with Crippen molar-refractivity contribution in [2.75, 3.05) is 6.54 Å². The maximum Gasteiger partial charge on any atom is 0.250 e. The third kappa shape index (κ3) is 3.59. The second kappa shape index (κ2) is 6.20. The Kier molecular flexibility index (Phi) is 4.35. The van der Waals surface area contributed by atoms with Crippen LogP contribution in [-0.2, 0) is 6.42 Å². The first-order chi connectivity index (χ1) is 8.75. The lowest BCUT2D eigenvalue weighted by Gasteiger charge is -2.05. The first-order valence-electron chi connectivity index (χ1n) is 6.07. The highest BCUT2D eigenvalue weighted by Gasteiger charge is 2.08. The highest BCUT2D eigenvalue weighted by atomic mass is 16.4. The van der Waals surface area contributed by atoms with Crippen LogP contribution in [0.3, 0.4) is 0 Å². The third-order valence-corrected chi connectivity index (χ3v) is 2.39. The second-order valence-corrected chi connectivity index (χ2v) is 4.34. The zero-order chi connectivity index (χ0) is 12.8. The molecule has 96 valence electrons. The van der Waals surface area contributed by atoms with Crippen molar-refractivity contribution in [1.82, 2.24) is 25.5 Å². The molecule has 18 heavy (non-hydrogen) atoms. The molecule has 0 spiro atoms. The predicted molar refractivity (Wildman–Crippen MR) is 66.8 cm³/mol. The first-order valence-corrected chi connectivity index (χ1v) is 6.07. The van der Waals surface area contributed by atoms with E-state index in [0.717, 1.165) is 24.9 Å². The smallest absolute Gasteiger partial charge is 0.250 e. The minimum Gasteiger partial charge on any atom is -0.421 e. The maximum atomic E-state index is 5.55. The van der Waals surface area contributed by atoms with Crippen molar-refractivity contribution >= 4 is 0 Å². The third-order valence-electron chi connectivity index (χ3n) is 2.39. The van der Waals surface area contributed by atoms with Crippen LogP contribution in [0, 0.1) is 0 Å². The van der Waals surface area contributed by atoms with Gasteiger partial charge in [-0.25, -0.2) is 9.97 Å². The summed E-state index contributed by atoms with van der Waals surface area (Å²) in [4.78, 5) is 7.83. The van der Waals surface area contributed by atoms with Crippen LogP contribution in [-0.4, -0.2) is 32.8 Å². The lowest BCUT2D eigenvalue weighted by atomic mass is 10.3. The Morgan fingerprint density at radius 1 is 1.22 bits per heavy atom. The molecule has 0 saturated carbocycles. The number of nitrogens with zero attached hydrogens (tertiary/aromatic N) is 4. The normalized spacial score (nSPS) is 11.1. The van der Waals surface area contributed by atoms with E-state index in [4.69, 9.17) is 4.42 Å². The largest absolute Gasteiger partial charge is 0.421 e. The van der Waals surface area contributed by atoms with Crippen LogP contribution < -0.4 is 5.32 Å². The van der Waals surface area contributed by atoms with E-state index in [1.807, 2.05) is 0 Å². The standard InChI is InChI=1S/C12H17N5O/c1-9(2)15-5-3-4-11-16-17-12(18-11)10-6-13-8-14-7-10/h6-9,15H,3-5H2,1-2H3. The van der Waals surface area contributed by atoms with Crippen LogP contribution in [0.4, 0.5) is 0 Å². The molecule has 0 saturated heterocycles. The van der Waals surface area contributed by atoms with E-state index in [2.05, 4.69) is 39.3 Å². The number of hydrogen-bond donors (Lipinski definition) is 1. The van der Waals surface area contributed by atoms with Crippen molar-refractivity contribution in [2.24, 2.45) is 0 Å². The van der Waals surface area contributed by atoms with Gasteiger partial charge in [0.15, 0.2) is 0 Å². The molecule has 0 aliphatic rings. The fraction of sp³-hybridized carbons (Fsp3) is 0.500. The highest BCUT2D eigenvalue weighted by molar-refractivity contribution is 5.48. The van der Waals surface area contributed by atoms with Crippen molar-refractivity contribution in [1.29, 1.82) is 0 Å². The number of rotatable bonds is 6. The van der Waals surface area contributed by atoms with E-state index < -0.39 is 0 Å². The van der Waals surface area contributed by atoms with E-state index in [0.29, 0.717) is 17.8 Å². The Morgan fingerprint density at radius 2 is 2.00 bits per heavy atom. The summed E-state index contributed by atoms with van der Waals surface area (Å²) in [6.07, 6.45) is 6.54. The van der Waals surface area contributed by atoms with Crippen molar-refractivity contribution < 1.29 is 4.42 Å². The van der Waals surface area contributed by atoms with Crippen LogP contribution in [0.2, 0.25) is 0 Å². The molecule has 0 unspecified atom stereocenters. The molecule has 0 fully saturated rings. The molecular weight excluding hydrogens is 230 g/mol. The Bertz CT molecular complexity index is 468. The molecule has 0 amide bonds. The van der Waals surface area contributed by atoms with Crippen molar-refractivity contribution in [2.45, 2.75) is 32.7 Å². The Morgan fingerprint density at radius 3 is 2.72 bits per heavy atom. The molecule has 2 heterocycles. The summed E-state index contributed by atoms with van der Waals surface area (Å²) in [5, 5.41) is 11.3. The number of nitrogens with one attached hydrogen (secondary N) is 1. The van der Waals surface area contributed by atoms with Gasteiger partial charge in [0.2, 0.25) is 5.89 Å². The SMILES string of the molecule is CC(C)NCCCc1nnc(-c2cncnc2)o1. The van der Waals surface area contributed by atoms with Crippen LogP contribution >= 0.6 is 0 Å². The van der Waals surface area contributed by atoms with Gasteiger partial charge in [-0.05, 0) is 13.0 Å². The summed E-state index contributed by atoms with van der Waals surface area (Å²) in [5.74, 6) is 1.13. The lowest BCUT2D eigenvalue weighted by molar-refractivity contribution is 0.484. The van der Waals surface area contributed by atoms with Gasteiger partial charge in [-0.15, -0.1) is 10.2 Å². The van der Waals surface area contributed by atoms with E-state index in [1.165, 1.54) is 6.33 Å². The summed E-state index contributed by atoms with van der Waals surface area (Å²) in [7, 11) is 0. The molecule has 0 aromatic carbocycles. The monoisotopic (exact) mass is 247 g/mol. The Labute approximate surface area is 106 Å². The van der Waals surface area contributed by atoms with Gasteiger partial charge < -0.3 is 9.73 Å². The summed E-state index contributed by atoms with van der Waals surface area (Å²) >= 11 is 0. The van der Waals surface area contributed by atoms with Crippen molar-refractivity contribution in [3.05, 3.63) is 24.6 Å². The average Bonchev–Trinajstić information content (AvgIpc) is 2.84. The lowest BCUT2D eigenvalue weighted by Crippen LogP contribution is -2.23. The summed E-state index contributed by atoms with van der Waals surface area (Å²) in [6.45, 7) is 5.20. The predicted octanol–water partition coefficient (Wildman–Crippen LogP) is 1.46. The van der Waals surface area contributed by atoms with Gasteiger partial charge in [-0.3, -0.25) is 0 Å². The van der Waals surface area contributed by atoms with Gasteiger partial charge in [0.25, 0.3) is 5.89 Å². The molecule has 2 rings (SSSR count). The molecule has 0 aliphatic carbocycles. The van der Waals surface area contributed by atoms with Gasteiger partial charge in [0.1, 0.15) is 6.33 Å². The molecule has 0 atom stereocenters. The highest BCUT2D eigenvalue weighted by Crippen LogP contribution is 2.15. The molecule has 0 bridgehead atoms. The van der Waals surface area contributed by atoms with E-state index in [9.17, 15) is 0 Å². The van der Waals surface area contributed by atoms with Gasteiger partial charge in [-0.2, -0.15) is 0 Å². The molecule has 2 aromatic rings.